The third kappa shape index (κ3) is 5.81. The molecular weight excluding hydrogens is 525 g/mol. The Kier molecular flexibility index (Phi) is 7.82. The summed E-state index contributed by atoms with van der Waals surface area (Å²) in [5, 5.41) is 5.35. The van der Waals surface area contributed by atoms with Gasteiger partial charge in [0, 0.05) is 23.0 Å². The highest BCUT2D eigenvalue weighted by Crippen LogP contribution is 2.30. The van der Waals surface area contributed by atoms with E-state index < -0.39 is 29.9 Å². The lowest BCUT2D eigenvalue weighted by molar-refractivity contribution is -0.120. The van der Waals surface area contributed by atoms with Gasteiger partial charge in [-0.3, -0.25) is 9.78 Å². The van der Waals surface area contributed by atoms with E-state index in [1.165, 1.54) is 24.3 Å². The van der Waals surface area contributed by atoms with E-state index >= 15 is 4.39 Å². The zero-order valence-electron chi connectivity index (χ0n) is 22.3. The van der Waals surface area contributed by atoms with Crippen LogP contribution in [0, 0.1) is 12.7 Å². The lowest BCUT2D eigenvalue weighted by Crippen LogP contribution is -2.48. The number of halogens is 1. The monoisotopic (exact) mass is 551 g/mol. The molecule has 0 saturated carbocycles. The summed E-state index contributed by atoms with van der Waals surface area (Å²) in [6.45, 7) is 1.75. The van der Waals surface area contributed by atoms with Crippen LogP contribution in [0.4, 0.5) is 20.6 Å². The number of aromatic nitrogens is 1. The Morgan fingerprint density at radius 2 is 1.73 bits per heavy atom. The molecule has 2 N–H and O–H groups in total. The molecule has 3 amide bonds. The molecule has 41 heavy (non-hydrogen) atoms. The van der Waals surface area contributed by atoms with Crippen LogP contribution in [0.25, 0.3) is 0 Å². The van der Waals surface area contributed by atoms with Gasteiger partial charge in [0.05, 0.1) is 36.3 Å². The molecule has 0 fully saturated rings. The van der Waals surface area contributed by atoms with Crippen LogP contribution in [0.1, 0.15) is 32.7 Å². The highest BCUT2D eigenvalue weighted by Gasteiger charge is 2.34. The van der Waals surface area contributed by atoms with Crippen molar-refractivity contribution in [3.8, 4) is 0 Å². The predicted octanol–water partition coefficient (Wildman–Crippen LogP) is 4.85. The summed E-state index contributed by atoms with van der Waals surface area (Å²) in [5.41, 5.74) is 3.14. The number of rotatable bonds is 6. The molecule has 1 aliphatic heterocycles. The molecule has 206 valence electrons. The first-order chi connectivity index (χ1) is 19.9. The van der Waals surface area contributed by atoms with Gasteiger partial charge in [-0.25, -0.2) is 19.0 Å². The third-order valence-corrected chi connectivity index (χ3v) is 6.48. The van der Waals surface area contributed by atoms with Crippen molar-refractivity contribution < 1.29 is 23.5 Å². The first-order valence-electron chi connectivity index (χ1n) is 12.8. The maximum atomic E-state index is 15.1. The average Bonchev–Trinajstić information content (AvgIpc) is 3.08. The Bertz CT molecular complexity index is 1670. The van der Waals surface area contributed by atoms with Crippen LogP contribution in [0.2, 0.25) is 0 Å². The molecule has 0 radical (unpaired) electrons. The minimum absolute atomic E-state index is 0.140. The highest BCUT2D eigenvalue weighted by atomic mass is 19.1. The second kappa shape index (κ2) is 11.8. The number of hydrogen-bond acceptors (Lipinski definition) is 6. The number of methoxy groups -OCH3 is 1. The number of aliphatic imine (C=N–C) groups is 1. The number of carbonyl (C=O) groups is 3. The average molecular weight is 552 g/mol. The van der Waals surface area contributed by atoms with Gasteiger partial charge in [-0.15, -0.1) is 0 Å². The van der Waals surface area contributed by atoms with Crippen LogP contribution in [0.5, 0.6) is 0 Å². The molecule has 0 aliphatic carbocycles. The number of nitrogens with zero attached hydrogens (tertiary/aromatic N) is 3. The molecule has 0 bridgehead atoms. The number of carbonyl (C=O) groups excluding carboxylic acids is 3. The van der Waals surface area contributed by atoms with Crippen LogP contribution >= 0.6 is 0 Å². The van der Waals surface area contributed by atoms with Crippen LogP contribution in [-0.2, 0) is 16.1 Å². The van der Waals surface area contributed by atoms with Crippen molar-refractivity contribution >= 4 is 35.0 Å². The number of fused-ring (bicyclic) bond motifs is 1. The van der Waals surface area contributed by atoms with Gasteiger partial charge in [-0.1, -0.05) is 42.5 Å². The Labute approximate surface area is 235 Å². The van der Waals surface area contributed by atoms with E-state index in [1.54, 1.807) is 72.8 Å². The van der Waals surface area contributed by atoms with Gasteiger partial charge in [0.25, 0.3) is 5.91 Å². The fourth-order valence-corrected chi connectivity index (χ4v) is 4.58. The van der Waals surface area contributed by atoms with E-state index in [2.05, 4.69) is 20.6 Å². The maximum absolute atomic E-state index is 15.1. The van der Waals surface area contributed by atoms with Crippen LogP contribution < -0.4 is 15.5 Å². The standard InChI is InChI=1S/C31H26FN5O4/c1-19-9-7-10-20(17-19)34-31(40)36-28-29(38)37(18-25-22(30(39)41-2)13-8-16-33-25)26-15-6-4-12-23(26)27(35-28)21-11-3-5-14-24(21)32/h3-17,28H,18H2,1-2H3,(H2,34,36,40)/t28-/m0/s1. The molecule has 2 heterocycles. The lowest BCUT2D eigenvalue weighted by Gasteiger charge is -2.26. The number of aryl methyl sites for hydroxylation is 1. The minimum Gasteiger partial charge on any atom is -0.465 e. The summed E-state index contributed by atoms with van der Waals surface area (Å²) in [7, 11) is 1.26. The quantitative estimate of drug-likeness (QED) is 0.333. The third-order valence-electron chi connectivity index (χ3n) is 6.48. The van der Waals surface area contributed by atoms with Crippen LogP contribution in [-0.4, -0.2) is 41.9 Å². The fraction of sp³-hybridized carbons (Fsp3) is 0.129. The summed E-state index contributed by atoms with van der Waals surface area (Å²) in [5.74, 6) is -1.76. The number of ether oxygens (including phenoxy) is 1. The smallest absolute Gasteiger partial charge is 0.339 e. The van der Waals surface area contributed by atoms with Crippen LogP contribution in [0.3, 0.4) is 0 Å². The van der Waals surface area contributed by atoms with Gasteiger partial charge in [0.2, 0.25) is 6.17 Å². The Hall–Kier alpha value is -5.38. The largest absolute Gasteiger partial charge is 0.465 e. The number of benzene rings is 3. The summed E-state index contributed by atoms with van der Waals surface area (Å²) < 4.78 is 20.0. The van der Waals surface area contributed by atoms with Gasteiger partial charge in [0.1, 0.15) is 5.82 Å². The van der Waals surface area contributed by atoms with Gasteiger partial charge in [-0.2, -0.15) is 0 Å². The van der Waals surface area contributed by atoms with Gasteiger partial charge < -0.3 is 20.3 Å². The molecule has 3 aromatic carbocycles. The molecular formula is C31H26FN5O4. The van der Waals surface area contributed by atoms with E-state index in [4.69, 9.17) is 4.74 Å². The summed E-state index contributed by atoms with van der Waals surface area (Å²) in [6, 6.07) is 22.6. The van der Waals surface area contributed by atoms with Crippen molar-refractivity contribution in [1.29, 1.82) is 0 Å². The predicted molar refractivity (Wildman–Crippen MR) is 152 cm³/mol. The van der Waals surface area contributed by atoms with E-state index in [0.717, 1.165) is 5.56 Å². The Balaban J connectivity index is 1.60. The number of hydrogen-bond donors (Lipinski definition) is 2. The van der Waals surface area contributed by atoms with Gasteiger partial charge in [-0.05, 0) is 55.0 Å². The van der Waals surface area contributed by atoms with E-state index in [0.29, 0.717) is 16.9 Å². The molecule has 0 saturated heterocycles. The van der Waals surface area contributed by atoms with E-state index in [-0.39, 0.29) is 29.1 Å². The molecule has 10 heteroatoms. The van der Waals surface area contributed by atoms with Gasteiger partial charge >= 0.3 is 12.0 Å². The molecule has 1 aliphatic rings. The lowest BCUT2D eigenvalue weighted by atomic mass is 9.99. The molecule has 0 unspecified atom stereocenters. The molecule has 9 nitrogen and oxygen atoms in total. The van der Waals surface area contributed by atoms with Crippen LogP contribution in [0.15, 0.2) is 96.1 Å². The van der Waals surface area contributed by atoms with Crippen molar-refractivity contribution in [2.24, 2.45) is 4.99 Å². The molecule has 1 aromatic heterocycles. The maximum Gasteiger partial charge on any atom is 0.339 e. The number of pyridine rings is 1. The van der Waals surface area contributed by atoms with Crippen molar-refractivity contribution in [2.75, 3.05) is 17.3 Å². The summed E-state index contributed by atoms with van der Waals surface area (Å²) in [6.07, 6.45) is 0.0644. The number of urea groups is 1. The van der Waals surface area contributed by atoms with Crippen molar-refractivity contribution in [3.05, 3.63) is 125 Å². The van der Waals surface area contributed by atoms with Gasteiger partial charge in [0.15, 0.2) is 0 Å². The topological polar surface area (TPSA) is 113 Å². The Morgan fingerprint density at radius 3 is 2.49 bits per heavy atom. The molecule has 5 rings (SSSR count). The number of benzodiazepines with no additional fused rings is 1. The second-order valence-corrected chi connectivity index (χ2v) is 9.26. The summed E-state index contributed by atoms with van der Waals surface area (Å²) >= 11 is 0. The number of anilines is 2. The number of esters is 1. The normalized spacial score (nSPS) is 14.4. The molecule has 0 spiro atoms. The SMILES string of the molecule is COC(=O)c1cccnc1CN1C(=O)[C@H](NC(=O)Nc2cccc(C)c2)N=C(c2ccccc2F)c2ccccc21. The Morgan fingerprint density at radius 1 is 0.976 bits per heavy atom. The van der Waals surface area contributed by atoms with Crippen molar-refractivity contribution in [3.63, 3.8) is 0 Å². The number of nitrogens with one attached hydrogen (secondary N) is 2. The minimum atomic E-state index is -1.44. The van der Waals surface area contributed by atoms with Crippen molar-refractivity contribution in [2.45, 2.75) is 19.6 Å². The highest BCUT2D eigenvalue weighted by molar-refractivity contribution is 6.20. The zero-order chi connectivity index (χ0) is 28.9. The molecule has 4 aromatic rings. The molecule has 1 atom stereocenters. The first kappa shape index (κ1) is 27.2. The summed E-state index contributed by atoms with van der Waals surface area (Å²) in [4.78, 5) is 49.9. The zero-order valence-corrected chi connectivity index (χ0v) is 22.3. The van der Waals surface area contributed by atoms with Crippen molar-refractivity contribution in [1.82, 2.24) is 10.3 Å². The first-order valence-corrected chi connectivity index (χ1v) is 12.8. The number of amides is 3. The fourth-order valence-electron chi connectivity index (χ4n) is 4.58. The van der Waals surface area contributed by atoms with E-state index in [9.17, 15) is 14.4 Å². The number of para-hydroxylation sites is 1. The van der Waals surface area contributed by atoms with E-state index in [1.807, 2.05) is 13.0 Å². The second-order valence-electron chi connectivity index (χ2n) is 9.26.